The third-order valence-electron chi connectivity index (χ3n) is 3.16. The number of amides is 2. The maximum atomic E-state index is 11.2. The fraction of sp³-hybridized carbons (Fsp3) is 0.833. The molecule has 5 heteroatoms. The molecule has 1 atom stereocenters. The van der Waals surface area contributed by atoms with Crippen molar-refractivity contribution in [3.8, 4) is 0 Å². The van der Waals surface area contributed by atoms with Gasteiger partial charge in [-0.1, -0.05) is 6.92 Å². The van der Waals surface area contributed by atoms with Gasteiger partial charge in [-0.25, -0.2) is 0 Å². The molecule has 2 saturated heterocycles. The molecule has 2 aliphatic rings. The summed E-state index contributed by atoms with van der Waals surface area (Å²) in [5, 5.41) is 3.22. The fourth-order valence-corrected chi connectivity index (χ4v) is 2.20. The lowest BCUT2D eigenvalue weighted by Gasteiger charge is -2.23. The van der Waals surface area contributed by atoms with Crippen LogP contribution in [0.4, 0.5) is 0 Å². The summed E-state index contributed by atoms with van der Waals surface area (Å²) in [5.41, 5.74) is 5.16. The Kier molecular flexibility index (Phi) is 5.97. The predicted molar refractivity (Wildman–Crippen MR) is 66.3 cm³/mol. The number of likely N-dealkylation sites (tertiary alicyclic amines) is 1. The molecule has 2 aliphatic heterocycles. The van der Waals surface area contributed by atoms with Crippen LogP contribution >= 0.6 is 0 Å². The number of hydrogen-bond donors (Lipinski definition) is 2. The first-order valence-electron chi connectivity index (χ1n) is 6.46. The first-order chi connectivity index (χ1) is 8.16. The monoisotopic (exact) mass is 241 g/mol. The minimum absolute atomic E-state index is 0.0562. The average Bonchev–Trinajstić information content (AvgIpc) is 2.94. The highest BCUT2D eigenvalue weighted by Crippen LogP contribution is 2.15. The van der Waals surface area contributed by atoms with Gasteiger partial charge in [0.05, 0.1) is 0 Å². The summed E-state index contributed by atoms with van der Waals surface area (Å²) in [7, 11) is 0. The van der Waals surface area contributed by atoms with E-state index in [1.807, 2.05) is 6.92 Å². The van der Waals surface area contributed by atoms with Gasteiger partial charge >= 0.3 is 0 Å². The minimum Gasteiger partial charge on any atom is -0.368 e. The lowest BCUT2D eigenvalue weighted by atomic mass is 10.2. The Morgan fingerprint density at radius 2 is 2.06 bits per heavy atom. The zero-order valence-electron chi connectivity index (χ0n) is 10.6. The van der Waals surface area contributed by atoms with Gasteiger partial charge in [0.1, 0.15) is 6.04 Å². The number of primary amides is 1. The van der Waals surface area contributed by atoms with Gasteiger partial charge in [0.2, 0.25) is 11.8 Å². The van der Waals surface area contributed by atoms with Crippen LogP contribution in [0.15, 0.2) is 0 Å². The van der Waals surface area contributed by atoms with Crippen molar-refractivity contribution in [1.82, 2.24) is 10.2 Å². The summed E-state index contributed by atoms with van der Waals surface area (Å²) in [6.45, 7) is 5.04. The number of carbonyl (C=O) groups excluding carboxylic acids is 2. The largest absolute Gasteiger partial charge is 0.368 e. The zero-order valence-corrected chi connectivity index (χ0v) is 10.6. The highest BCUT2D eigenvalue weighted by Gasteiger charge is 2.29. The van der Waals surface area contributed by atoms with Crippen LogP contribution in [0, 0.1) is 0 Å². The topological polar surface area (TPSA) is 75.4 Å². The summed E-state index contributed by atoms with van der Waals surface area (Å²) >= 11 is 0. The molecule has 2 fully saturated rings. The smallest absolute Gasteiger partial charge is 0.240 e. The summed E-state index contributed by atoms with van der Waals surface area (Å²) < 4.78 is 0. The molecular formula is C12H23N3O2. The normalized spacial score (nSPS) is 21.0. The predicted octanol–water partition coefficient (Wildman–Crippen LogP) is 0.243. The number of rotatable bonds is 3. The van der Waals surface area contributed by atoms with Crippen molar-refractivity contribution in [2.75, 3.05) is 19.6 Å². The Morgan fingerprint density at radius 1 is 1.41 bits per heavy atom. The van der Waals surface area contributed by atoms with Gasteiger partial charge in [-0.05, 0) is 38.8 Å². The molecule has 0 aliphatic carbocycles. The Balaban J connectivity index is 0.000000239. The third kappa shape index (κ3) is 4.34. The standard InChI is InChI=1S/C8H14N2O2.C4H9N/c1-2-6(8(9)12)10-5-3-4-7(10)11;1-2-4-5-3-1/h6H,2-5H2,1H3,(H2,9,12);5H,1-4H2/t6-;/m0./s1. The van der Waals surface area contributed by atoms with E-state index >= 15 is 0 Å². The van der Waals surface area contributed by atoms with E-state index in [-0.39, 0.29) is 11.9 Å². The third-order valence-corrected chi connectivity index (χ3v) is 3.16. The molecule has 0 aromatic heterocycles. The number of nitrogens with one attached hydrogen (secondary N) is 1. The first-order valence-corrected chi connectivity index (χ1v) is 6.46. The molecule has 2 rings (SSSR count). The molecule has 2 heterocycles. The maximum Gasteiger partial charge on any atom is 0.240 e. The molecule has 5 nitrogen and oxygen atoms in total. The molecule has 3 N–H and O–H groups in total. The van der Waals surface area contributed by atoms with Gasteiger partial charge in [-0.15, -0.1) is 0 Å². The molecule has 98 valence electrons. The molecule has 0 unspecified atom stereocenters. The Bertz CT molecular complexity index is 257. The van der Waals surface area contributed by atoms with E-state index in [0.717, 1.165) is 6.42 Å². The Morgan fingerprint density at radius 3 is 2.35 bits per heavy atom. The first kappa shape index (κ1) is 14.0. The minimum atomic E-state index is -0.396. The van der Waals surface area contributed by atoms with E-state index in [1.54, 1.807) is 4.90 Å². The number of carbonyl (C=O) groups is 2. The molecule has 17 heavy (non-hydrogen) atoms. The fourth-order valence-electron chi connectivity index (χ4n) is 2.20. The molecule has 0 aromatic carbocycles. The molecule has 0 aromatic rings. The SMILES string of the molecule is C1CCNC1.CC[C@@H](C(N)=O)N1CCCC1=O. The van der Waals surface area contributed by atoms with Crippen LogP contribution in [-0.2, 0) is 9.59 Å². The van der Waals surface area contributed by atoms with Gasteiger partial charge < -0.3 is 16.0 Å². The average molecular weight is 241 g/mol. The van der Waals surface area contributed by atoms with Crippen molar-refractivity contribution in [3.05, 3.63) is 0 Å². The van der Waals surface area contributed by atoms with Crippen LogP contribution in [0.1, 0.15) is 39.0 Å². The van der Waals surface area contributed by atoms with E-state index in [1.165, 1.54) is 25.9 Å². The van der Waals surface area contributed by atoms with Crippen molar-refractivity contribution in [2.24, 2.45) is 5.73 Å². The van der Waals surface area contributed by atoms with E-state index in [4.69, 9.17) is 5.73 Å². The highest BCUT2D eigenvalue weighted by molar-refractivity contribution is 5.87. The van der Waals surface area contributed by atoms with Crippen LogP contribution < -0.4 is 11.1 Å². The van der Waals surface area contributed by atoms with Gasteiger partial charge in [0.25, 0.3) is 0 Å². The van der Waals surface area contributed by atoms with Crippen LogP contribution in [0.2, 0.25) is 0 Å². The number of hydrogen-bond acceptors (Lipinski definition) is 3. The molecule has 0 radical (unpaired) electrons. The summed E-state index contributed by atoms with van der Waals surface area (Å²) in [6.07, 6.45) is 4.80. The maximum absolute atomic E-state index is 11.2. The Labute approximate surface area is 103 Å². The molecular weight excluding hydrogens is 218 g/mol. The van der Waals surface area contributed by atoms with Crippen LogP contribution in [-0.4, -0.2) is 42.4 Å². The summed E-state index contributed by atoms with van der Waals surface area (Å²) in [6, 6.07) is -0.389. The quantitative estimate of drug-likeness (QED) is 0.743. The van der Waals surface area contributed by atoms with Crippen molar-refractivity contribution in [3.63, 3.8) is 0 Å². The zero-order chi connectivity index (χ0) is 12.7. The van der Waals surface area contributed by atoms with E-state index in [2.05, 4.69) is 5.32 Å². The van der Waals surface area contributed by atoms with Crippen molar-refractivity contribution in [1.29, 1.82) is 0 Å². The van der Waals surface area contributed by atoms with Crippen LogP contribution in [0.25, 0.3) is 0 Å². The van der Waals surface area contributed by atoms with E-state index < -0.39 is 5.91 Å². The molecule has 0 bridgehead atoms. The van der Waals surface area contributed by atoms with Crippen molar-refractivity contribution >= 4 is 11.8 Å². The van der Waals surface area contributed by atoms with Crippen molar-refractivity contribution in [2.45, 2.75) is 45.1 Å². The lowest BCUT2D eigenvalue weighted by molar-refractivity contribution is -0.136. The van der Waals surface area contributed by atoms with Gasteiger partial charge in [-0.3, -0.25) is 9.59 Å². The highest BCUT2D eigenvalue weighted by atomic mass is 16.2. The number of nitrogens with two attached hydrogens (primary N) is 1. The summed E-state index contributed by atoms with van der Waals surface area (Å²) in [5.74, 6) is -0.339. The van der Waals surface area contributed by atoms with Gasteiger partial charge in [0, 0.05) is 13.0 Å². The van der Waals surface area contributed by atoms with Crippen LogP contribution in [0.5, 0.6) is 0 Å². The van der Waals surface area contributed by atoms with Gasteiger partial charge in [0.15, 0.2) is 0 Å². The molecule has 0 saturated carbocycles. The Hall–Kier alpha value is -1.10. The second kappa shape index (κ2) is 7.27. The molecule has 2 amide bonds. The number of nitrogens with zero attached hydrogens (tertiary/aromatic N) is 1. The molecule has 0 spiro atoms. The second-order valence-corrected chi connectivity index (χ2v) is 4.47. The lowest BCUT2D eigenvalue weighted by Crippen LogP contribution is -2.44. The van der Waals surface area contributed by atoms with E-state index in [0.29, 0.717) is 19.4 Å². The second-order valence-electron chi connectivity index (χ2n) is 4.47. The summed E-state index contributed by atoms with van der Waals surface area (Å²) in [4.78, 5) is 23.7. The van der Waals surface area contributed by atoms with Crippen molar-refractivity contribution < 1.29 is 9.59 Å². The van der Waals surface area contributed by atoms with Gasteiger partial charge in [-0.2, -0.15) is 0 Å². The van der Waals surface area contributed by atoms with E-state index in [9.17, 15) is 9.59 Å². The van der Waals surface area contributed by atoms with Crippen LogP contribution in [0.3, 0.4) is 0 Å².